The van der Waals surface area contributed by atoms with Gasteiger partial charge in [0.05, 0.1) is 6.61 Å². The molecule has 0 N–H and O–H groups in total. The topological polar surface area (TPSA) is 53.3 Å². The van der Waals surface area contributed by atoms with E-state index >= 15 is 0 Å². The van der Waals surface area contributed by atoms with Crippen molar-refractivity contribution in [2.75, 3.05) is 13.7 Å². The molecule has 0 bridgehead atoms. The highest BCUT2D eigenvalue weighted by Crippen LogP contribution is 2.05. The van der Waals surface area contributed by atoms with Crippen molar-refractivity contribution in [1.29, 1.82) is 5.26 Å². The molecule has 18 heavy (non-hydrogen) atoms. The number of nitrogens with zero attached hydrogens (tertiary/aromatic N) is 2. The Morgan fingerprint density at radius 3 is 2.67 bits per heavy atom. The van der Waals surface area contributed by atoms with Gasteiger partial charge in [-0.3, -0.25) is 0 Å². The van der Waals surface area contributed by atoms with E-state index in [-0.39, 0.29) is 12.2 Å². The molecule has 0 saturated heterocycles. The molecule has 0 amide bonds. The minimum absolute atomic E-state index is 0.00952. The van der Waals surface area contributed by atoms with Gasteiger partial charge in [-0.05, 0) is 12.5 Å². The molecule has 4 nitrogen and oxygen atoms in total. The summed E-state index contributed by atoms with van der Waals surface area (Å²) in [5.74, 6) is -0.583. The normalized spacial score (nSPS) is 10.6. The minimum atomic E-state index is -0.583. The van der Waals surface area contributed by atoms with Crippen LogP contribution >= 0.6 is 0 Å². The molecule has 0 heterocycles. The first kappa shape index (κ1) is 13.8. The number of rotatable bonds is 5. The molecule has 0 radical (unpaired) electrons. The van der Waals surface area contributed by atoms with Crippen LogP contribution in [0.1, 0.15) is 12.5 Å². The summed E-state index contributed by atoms with van der Waals surface area (Å²) >= 11 is 0. The molecule has 0 fully saturated rings. The van der Waals surface area contributed by atoms with Crippen molar-refractivity contribution < 1.29 is 9.53 Å². The summed E-state index contributed by atoms with van der Waals surface area (Å²) in [6.07, 6.45) is 1.50. The second-order valence-electron chi connectivity index (χ2n) is 3.78. The third-order valence-electron chi connectivity index (χ3n) is 2.24. The number of benzene rings is 1. The minimum Gasteiger partial charge on any atom is -0.462 e. The Hall–Kier alpha value is -2.28. The van der Waals surface area contributed by atoms with Crippen LogP contribution in [0, 0.1) is 11.3 Å². The maximum atomic E-state index is 11.4. The highest BCUT2D eigenvalue weighted by Gasteiger charge is 2.10. The Kier molecular flexibility index (Phi) is 5.46. The molecule has 0 saturated carbocycles. The third kappa shape index (κ3) is 4.30. The molecule has 1 rings (SSSR count). The largest absolute Gasteiger partial charge is 0.462 e. The smallest absolute Gasteiger partial charge is 0.350 e. The highest BCUT2D eigenvalue weighted by molar-refractivity contribution is 5.92. The zero-order valence-electron chi connectivity index (χ0n) is 10.6. The third-order valence-corrected chi connectivity index (χ3v) is 2.24. The highest BCUT2D eigenvalue weighted by atomic mass is 16.5. The molecular weight excluding hydrogens is 228 g/mol. The maximum Gasteiger partial charge on any atom is 0.350 e. The summed E-state index contributed by atoms with van der Waals surface area (Å²) in [5.41, 5.74) is 1.12. The fraction of sp³-hybridized carbons (Fsp3) is 0.286. The van der Waals surface area contributed by atoms with Crippen LogP contribution in [0.5, 0.6) is 0 Å². The van der Waals surface area contributed by atoms with E-state index in [4.69, 9.17) is 10.00 Å². The Bertz CT molecular complexity index is 460. The van der Waals surface area contributed by atoms with Crippen LogP contribution in [-0.2, 0) is 16.1 Å². The Morgan fingerprint density at radius 1 is 1.44 bits per heavy atom. The summed E-state index contributed by atoms with van der Waals surface area (Å²) in [4.78, 5) is 13.2. The standard InChI is InChI=1S/C14H16N2O2/c1-3-18-14(17)13(9-15)11-16(2)10-12-7-5-4-6-8-12/h4-8,11H,3,10H2,1-2H3/b13-11-. The van der Waals surface area contributed by atoms with Gasteiger partial charge in [-0.25, -0.2) is 4.79 Å². The van der Waals surface area contributed by atoms with E-state index < -0.39 is 5.97 Å². The zero-order valence-corrected chi connectivity index (χ0v) is 10.6. The number of carbonyl (C=O) groups is 1. The number of hydrogen-bond donors (Lipinski definition) is 0. The lowest BCUT2D eigenvalue weighted by Crippen LogP contribution is -2.15. The van der Waals surface area contributed by atoms with Crippen molar-refractivity contribution in [3.8, 4) is 6.07 Å². The summed E-state index contributed by atoms with van der Waals surface area (Å²) in [5, 5.41) is 8.89. The van der Waals surface area contributed by atoms with Gasteiger partial charge < -0.3 is 9.64 Å². The number of ether oxygens (including phenoxy) is 1. The number of nitriles is 1. The molecule has 0 aliphatic carbocycles. The number of carbonyl (C=O) groups excluding carboxylic acids is 1. The zero-order chi connectivity index (χ0) is 13.4. The first-order chi connectivity index (χ1) is 8.67. The Morgan fingerprint density at radius 2 is 2.11 bits per heavy atom. The van der Waals surface area contributed by atoms with Crippen molar-refractivity contribution in [3.05, 3.63) is 47.7 Å². The van der Waals surface area contributed by atoms with E-state index in [0.29, 0.717) is 6.54 Å². The second kappa shape index (κ2) is 7.13. The van der Waals surface area contributed by atoms with E-state index in [9.17, 15) is 4.79 Å². The van der Waals surface area contributed by atoms with Crippen molar-refractivity contribution in [1.82, 2.24) is 4.90 Å². The van der Waals surface area contributed by atoms with E-state index in [1.807, 2.05) is 43.4 Å². The predicted molar refractivity (Wildman–Crippen MR) is 68.2 cm³/mol. The molecule has 1 aromatic rings. The lowest BCUT2D eigenvalue weighted by atomic mass is 10.2. The van der Waals surface area contributed by atoms with Crippen LogP contribution in [0.25, 0.3) is 0 Å². The molecule has 4 heteroatoms. The average molecular weight is 244 g/mol. The summed E-state index contributed by atoms with van der Waals surface area (Å²) in [7, 11) is 1.81. The van der Waals surface area contributed by atoms with E-state index in [2.05, 4.69) is 0 Å². The van der Waals surface area contributed by atoms with Crippen molar-refractivity contribution >= 4 is 5.97 Å². The number of esters is 1. The van der Waals surface area contributed by atoms with Crippen LogP contribution in [0.15, 0.2) is 42.1 Å². The maximum absolute atomic E-state index is 11.4. The quantitative estimate of drug-likeness (QED) is 0.452. The monoisotopic (exact) mass is 244 g/mol. The lowest BCUT2D eigenvalue weighted by molar-refractivity contribution is -0.138. The van der Waals surface area contributed by atoms with Crippen molar-refractivity contribution in [2.24, 2.45) is 0 Å². The molecule has 0 spiro atoms. The van der Waals surface area contributed by atoms with Gasteiger partial charge in [0.15, 0.2) is 5.57 Å². The molecule has 0 unspecified atom stereocenters. The van der Waals surface area contributed by atoms with Crippen LogP contribution in [0.3, 0.4) is 0 Å². The lowest BCUT2D eigenvalue weighted by Gasteiger charge is -2.14. The molecule has 0 aliphatic heterocycles. The van der Waals surface area contributed by atoms with Crippen molar-refractivity contribution in [3.63, 3.8) is 0 Å². The molecule has 1 aromatic carbocycles. The predicted octanol–water partition coefficient (Wildman–Crippen LogP) is 2.09. The van der Waals surface area contributed by atoms with Crippen LogP contribution in [0.4, 0.5) is 0 Å². The van der Waals surface area contributed by atoms with E-state index in [0.717, 1.165) is 5.56 Å². The molecule has 94 valence electrons. The first-order valence-electron chi connectivity index (χ1n) is 5.70. The summed E-state index contributed by atoms with van der Waals surface area (Å²) in [6.45, 7) is 2.60. The SMILES string of the molecule is CCOC(=O)/C(C#N)=C\N(C)Cc1ccccc1. The van der Waals surface area contributed by atoms with Gasteiger partial charge >= 0.3 is 5.97 Å². The second-order valence-corrected chi connectivity index (χ2v) is 3.78. The molecule has 0 aromatic heterocycles. The van der Waals surface area contributed by atoms with Crippen LogP contribution in [-0.4, -0.2) is 24.5 Å². The average Bonchev–Trinajstić information content (AvgIpc) is 2.37. The molecule has 0 atom stereocenters. The van der Waals surface area contributed by atoms with E-state index in [1.165, 1.54) is 6.20 Å². The fourth-order valence-electron chi connectivity index (χ4n) is 1.47. The molecular formula is C14H16N2O2. The van der Waals surface area contributed by atoms with Gasteiger partial charge in [-0.2, -0.15) is 5.26 Å². The van der Waals surface area contributed by atoms with E-state index in [1.54, 1.807) is 11.8 Å². The Labute approximate surface area is 107 Å². The van der Waals surface area contributed by atoms with Gasteiger partial charge in [0.2, 0.25) is 0 Å². The van der Waals surface area contributed by atoms with Crippen molar-refractivity contribution in [2.45, 2.75) is 13.5 Å². The van der Waals surface area contributed by atoms with Crippen LogP contribution < -0.4 is 0 Å². The van der Waals surface area contributed by atoms with Crippen LogP contribution in [0.2, 0.25) is 0 Å². The van der Waals surface area contributed by atoms with Gasteiger partial charge in [-0.1, -0.05) is 30.3 Å². The fourth-order valence-corrected chi connectivity index (χ4v) is 1.47. The Balaban J connectivity index is 2.69. The first-order valence-corrected chi connectivity index (χ1v) is 5.70. The van der Waals surface area contributed by atoms with Gasteiger partial charge in [0.1, 0.15) is 6.07 Å². The van der Waals surface area contributed by atoms with Gasteiger partial charge in [-0.15, -0.1) is 0 Å². The van der Waals surface area contributed by atoms with Gasteiger partial charge in [0, 0.05) is 19.8 Å². The van der Waals surface area contributed by atoms with Gasteiger partial charge in [0.25, 0.3) is 0 Å². The number of hydrogen-bond acceptors (Lipinski definition) is 4. The summed E-state index contributed by atoms with van der Waals surface area (Å²) in [6, 6.07) is 11.7. The summed E-state index contributed by atoms with van der Waals surface area (Å²) < 4.78 is 4.79. The molecule has 0 aliphatic rings.